The van der Waals surface area contributed by atoms with Crippen LogP contribution in [-0.2, 0) is 10.0 Å². The molecule has 1 heterocycles. The summed E-state index contributed by atoms with van der Waals surface area (Å²) in [5, 5.41) is 5.01. The van der Waals surface area contributed by atoms with Gasteiger partial charge in [0.05, 0.1) is 27.0 Å². The van der Waals surface area contributed by atoms with Gasteiger partial charge < -0.3 is 0 Å². The van der Waals surface area contributed by atoms with Gasteiger partial charge >= 0.3 is 0 Å². The molecule has 0 saturated heterocycles. The van der Waals surface area contributed by atoms with E-state index in [-0.39, 0.29) is 4.90 Å². The van der Waals surface area contributed by atoms with Gasteiger partial charge in [-0.1, -0.05) is 29.3 Å². The Hall–Kier alpha value is -2.31. The Morgan fingerprint density at radius 2 is 1.56 bits per heavy atom. The van der Waals surface area contributed by atoms with E-state index in [1.807, 2.05) is 20.8 Å². The van der Waals surface area contributed by atoms with E-state index >= 15 is 0 Å². The molecule has 0 atom stereocenters. The first-order chi connectivity index (χ1) is 11.8. The summed E-state index contributed by atoms with van der Waals surface area (Å²) < 4.78 is 29.2. The summed E-state index contributed by atoms with van der Waals surface area (Å²) in [7, 11) is -3.61. The Morgan fingerprint density at radius 1 is 0.960 bits per heavy atom. The van der Waals surface area contributed by atoms with E-state index in [2.05, 4.69) is 9.82 Å². The van der Waals surface area contributed by atoms with Crippen LogP contribution in [0.1, 0.15) is 17.0 Å². The largest absolute Gasteiger partial charge is 0.280 e. The zero-order valence-corrected chi connectivity index (χ0v) is 15.7. The third-order valence-corrected chi connectivity index (χ3v) is 5.84. The molecule has 1 N–H and O–H groups in total. The molecular formula is C18H18ClN3O2S. The molecule has 0 saturated carbocycles. The van der Waals surface area contributed by atoms with E-state index in [1.165, 1.54) is 0 Å². The number of nitrogens with zero attached hydrogens (tertiary/aromatic N) is 2. The van der Waals surface area contributed by atoms with Crippen LogP contribution in [0.3, 0.4) is 0 Å². The minimum absolute atomic E-state index is 0.229. The lowest BCUT2D eigenvalue weighted by molar-refractivity contribution is 0.601. The van der Waals surface area contributed by atoms with Crippen molar-refractivity contribution in [2.75, 3.05) is 4.72 Å². The van der Waals surface area contributed by atoms with Crippen molar-refractivity contribution >= 4 is 27.3 Å². The minimum atomic E-state index is -3.61. The van der Waals surface area contributed by atoms with E-state index in [0.29, 0.717) is 10.7 Å². The molecule has 3 aromatic rings. The Balaban J connectivity index is 1.85. The van der Waals surface area contributed by atoms with Gasteiger partial charge in [-0.25, -0.2) is 13.1 Å². The van der Waals surface area contributed by atoms with Gasteiger partial charge in [0, 0.05) is 5.69 Å². The highest BCUT2D eigenvalue weighted by molar-refractivity contribution is 7.92. The van der Waals surface area contributed by atoms with E-state index in [9.17, 15) is 8.42 Å². The molecule has 0 aliphatic rings. The average molecular weight is 376 g/mol. The van der Waals surface area contributed by atoms with Crippen LogP contribution in [0.15, 0.2) is 53.4 Å². The maximum Gasteiger partial charge on any atom is 0.261 e. The minimum Gasteiger partial charge on any atom is -0.280 e. The van der Waals surface area contributed by atoms with Gasteiger partial charge in [-0.3, -0.25) is 4.72 Å². The Kier molecular flexibility index (Phi) is 4.58. The van der Waals surface area contributed by atoms with Gasteiger partial charge in [0.15, 0.2) is 0 Å². The van der Waals surface area contributed by atoms with E-state index < -0.39 is 10.0 Å². The molecule has 2 aromatic carbocycles. The fourth-order valence-corrected chi connectivity index (χ4v) is 3.65. The quantitative estimate of drug-likeness (QED) is 0.741. The normalized spacial score (nSPS) is 11.5. The summed E-state index contributed by atoms with van der Waals surface area (Å²) in [6, 6.07) is 13.7. The summed E-state index contributed by atoms with van der Waals surface area (Å²) in [5.74, 6) is 0. The molecule has 1 aromatic heterocycles. The van der Waals surface area contributed by atoms with Crippen LogP contribution >= 0.6 is 11.6 Å². The summed E-state index contributed by atoms with van der Waals surface area (Å²) >= 11 is 6.17. The summed E-state index contributed by atoms with van der Waals surface area (Å²) in [4.78, 5) is 0.229. The average Bonchev–Trinajstić information content (AvgIpc) is 2.83. The molecule has 0 radical (unpaired) electrons. The zero-order chi connectivity index (χ0) is 18.2. The maximum absolute atomic E-state index is 12.4. The maximum atomic E-state index is 12.4. The fourth-order valence-electron chi connectivity index (χ4n) is 2.48. The van der Waals surface area contributed by atoms with Gasteiger partial charge in [-0.05, 0) is 57.2 Å². The van der Waals surface area contributed by atoms with Gasteiger partial charge in [0.2, 0.25) is 0 Å². The lowest BCUT2D eigenvalue weighted by Crippen LogP contribution is -2.13. The van der Waals surface area contributed by atoms with Crippen molar-refractivity contribution in [2.24, 2.45) is 0 Å². The van der Waals surface area contributed by atoms with Crippen molar-refractivity contribution in [1.82, 2.24) is 9.78 Å². The standard InChI is InChI=1S/C18H18ClN3O2S/c1-12-4-10-17(11-5-12)25(23,24)21-15-6-8-16(9-7-15)22-14(3)18(19)13(2)20-22/h4-11,21H,1-3H3. The third-order valence-electron chi connectivity index (χ3n) is 3.90. The second-order valence-corrected chi connectivity index (χ2v) is 7.92. The third kappa shape index (κ3) is 3.55. The van der Waals surface area contributed by atoms with E-state index in [4.69, 9.17) is 11.6 Å². The number of halogens is 1. The molecule has 5 nitrogen and oxygen atoms in total. The SMILES string of the molecule is Cc1ccc(S(=O)(=O)Nc2ccc(-n3nc(C)c(Cl)c3C)cc2)cc1. The smallest absolute Gasteiger partial charge is 0.261 e. The van der Waals surface area contributed by atoms with Crippen molar-refractivity contribution in [1.29, 1.82) is 0 Å². The number of rotatable bonds is 4. The van der Waals surface area contributed by atoms with Crippen LogP contribution in [0.2, 0.25) is 5.02 Å². The molecule has 0 unspecified atom stereocenters. The Morgan fingerprint density at radius 3 is 2.08 bits per heavy atom. The molecule has 130 valence electrons. The summed E-state index contributed by atoms with van der Waals surface area (Å²) in [5.41, 5.74) is 3.89. The van der Waals surface area contributed by atoms with Crippen LogP contribution < -0.4 is 4.72 Å². The molecular weight excluding hydrogens is 358 g/mol. The molecule has 25 heavy (non-hydrogen) atoms. The van der Waals surface area contributed by atoms with Gasteiger partial charge in [0.25, 0.3) is 10.0 Å². The predicted octanol–water partition coefficient (Wildman–Crippen LogP) is 4.25. The monoisotopic (exact) mass is 375 g/mol. The van der Waals surface area contributed by atoms with E-state index in [1.54, 1.807) is 53.2 Å². The molecule has 0 fully saturated rings. The highest BCUT2D eigenvalue weighted by Crippen LogP contribution is 2.24. The van der Waals surface area contributed by atoms with Crippen molar-refractivity contribution in [3.05, 3.63) is 70.5 Å². The molecule has 0 bridgehead atoms. The van der Waals surface area contributed by atoms with Crippen molar-refractivity contribution < 1.29 is 8.42 Å². The van der Waals surface area contributed by atoms with Crippen LogP contribution in [0, 0.1) is 20.8 Å². The Labute approximate surface area is 152 Å². The lowest BCUT2D eigenvalue weighted by Gasteiger charge is -2.10. The number of hydrogen-bond donors (Lipinski definition) is 1. The van der Waals surface area contributed by atoms with Crippen molar-refractivity contribution in [3.63, 3.8) is 0 Å². The molecule has 0 aliphatic carbocycles. The number of aromatic nitrogens is 2. The highest BCUT2D eigenvalue weighted by atomic mass is 35.5. The van der Waals surface area contributed by atoms with Crippen LogP contribution in [0.5, 0.6) is 0 Å². The number of nitrogens with one attached hydrogen (secondary N) is 1. The molecule has 7 heteroatoms. The number of anilines is 1. The summed E-state index contributed by atoms with van der Waals surface area (Å²) in [6.07, 6.45) is 0. The Bertz CT molecular complexity index is 1010. The second kappa shape index (κ2) is 6.54. The first-order valence-electron chi connectivity index (χ1n) is 7.69. The number of benzene rings is 2. The number of sulfonamides is 1. The van der Waals surface area contributed by atoms with Crippen LogP contribution in [0.25, 0.3) is 5.69 Å². The molecule has 0 aliphatic heterocycles. The summed E-state index contributed by atoms with van der Waals surface area (Å²) in [6.45, 7) is 5.64. The van der Waals surface area contributed by atoms with Crippen molar-refractivity contribution in [2.45, 2.75) is 25.7 Å². The first kappa shape index (κ1) is 17.5. The van der Waals surface area contributed by atoms with Crippen LogP contribution in [0.4, 0.5) is 5.69 Å². The number of aryl methyl sites for hydroxylation is 2. The van der Waals surface area contributed by atoms with Crippen molar-refractivity contribution in [3.8, 4) is 5.69 Å². The predicted molar refractivity (Wildman–Crippen MR) is 100 cm³/mol. The highest BCUT2D eigenvalue weighted by Gasteiger charge is 2.14. The van der Waals surface area contributed by atoms with Gasteiger partial charge in [-0.15, -0.1) is 0 Å². The lowest BCUT2D eigenvalue weighted by atomic mass is 10.2. The number of hydrogen-bond acceptors (Lipinski definition) is 3. The fraction of sp³-hybridized carbons (Fsp3) is 0.167. The molecule has 3 rings (SSSR count). The van der Waals surface area contributed by atoms with E-state index in [0.717, 1.165) is 22.6 Å². The van der Waals surface area contributed by atoms with Gasteiger partial charge in [-0.2, -0.15) is 5.10 Å². The zero-order valence-electron chi connectivity index (χ0n) is 14.1. The molecule has 0 spiro atoms. The second-order valence-electron chi connectivity index (χ2n) is 5.86. The van der Waals surface area contributed by atoms with Gasteiger partial charge in [0.1, 0.15) is 0 Å². The van der Waals surface area contributed by atoms with Crippen LogP contribution in [-0.4, -0.2) is 18.2 Å². The topological polar surface area (TPSA) is 64.0 Å². The first-order valence-corrected chi connectivity index (χ1v) is 9.56. The molecule has 0 amide bonds.